The van der Waals surface area contributed by atoms with Gasteiger partial charge in [0.1, 0.15) is 17.8 Å². The molecule has 0 aliphatic heterocycles. The second-order valence-electron chi connectivity index (χ2n) is 3.89. The molecule has 0 aromatic heterocycles. The molecule has 0 radical (unpaired) electrons. The molecule has 94 valence electrons. The number of carbonyl (C=O) groups excluding carboxylic acids is 1. The second kappa shape index (κ2) is 5.54. The van der Waals surface area contributed by atoms with Gasteiger partial charge < -0.3 is 9.47 Å². The van der Waals surface area contributed by atoms with Crippen LogP contribution in [0.5, 0.6) is 11.5 Å². The highest BCUT2D eigenvalue weighted by molar-refractivity contribution is 5.94. The molecule has 0 spiro atoms. The van der Waals surface area contributed by atoms with Crippen LogP contribution in [0, 0.1) is 0 Å². The van der Waals surface area contributed by atoms with Gasteiger partial charge in [0.15, 0.2) is 0 Å². The normalized spacial score (nSPS) is 10.3. The molecule has 0 aliphatic rings. The van der Waals surface area contributed by atoms with E-state index in [-0.39, 0.29) is 0 Å². The van der Waals surface area contributed by atoms with Gasteiger partial charge in [-0.3, -0.25) is 4.79 Å². The monoisotopic (exact) mass is 244 g/mol. The molecule has 0 N–H and O–H groups in total. The summed E-state index contributed by atoms with van der Waals surface area (Å²) >= 11 is 0. The first-order valence-electron chi connectivity index (χ1n) is 6.07. The van der Waals surface area contributed by atoms with Gasteiger partial charge in [0.05, 0.1) is 13.2 Å². The molecule has 3 nitrogen and oxygen atoms in total. The van der Waals surface area contributed by atoms with Crippen molar-refractivity contribution in [2.75, 3.05) is 13.2 Å². The third kappa shape index (κ3) is 2.45. The minimum absolute atomic E-state index is 0.579. The summed E-state index contributed by atoms with van der Waals surface area (Å²) in [5, 5.41) is 1.94. The lowest BCUT2D eigenvalue weighted by Crippen LogP contribution is -1.96. The van der Waals surface area contributed by atoms with Crippen molar-refractivity contribution < 1.29 is 14.3 Å². The highest BCUT2D eigenvalue weighted by Crippen LogP contribution is 2.32. The van der Waals surface area contributed by atoms with Crippen molar-refractivity contribution in [2.24, 2.45) is 0 Å². The Bertz CT molecular complexity index is 561. The lowest BCUT2D eigenvalue weighted by atomic mass is 10.1. The zero-order valence-electron chi connectivity index (χ0n) is 10.6. The fraction of sp³-hybridized carbons (Fsp3) is 0.267. The molecule has 2 aromatic rings. The predicted molar refractivity (Wildman–Crippen MR) is 71.7 cm³/mol. The minimum Gasteiger partial charge on any atom is -0.494 e. The Kier molecular flexibility index (Phi) is 3.82. The summed E-state index contributed by atoms with van der Waals surface area (Å²) in [6.45, 7) is 5.07. The molecular weight excluding hydrogens is 228 g/mol. The standard InChI is InChI=1S/C15H16O3/c1-3-17-13-8-12-6-5-11(10-16)7-14(12)15(9-13)18-4-2/h5-10H,3-4H2,1-2H3. The summed E-state index contributed by atoms with van der Waals surface area (Å²) in [4.78, 5) is 10.8. The SMILES string of the molecule is CCOc1cc(OCC)c2cc(C=O)ccc2c1. The van der Waals surface area contributed by atoms with E-state index >= 15 is 0 Å². The van der Waals surface area contributed by atoms with Crippen LogP contribution < -0.4 is 9.47 Å². The summed E-state index contributed by atoms with van der Waals surface area (Å²) in [5.74, 6) is 1.54. The van der Waals surface area contributed by atoms with Crippen molar-refractivity contribution in [1.29, 1.82) is 0 Å². The zero-order valence-corrected chi connectivity index (χ0v) is 10.6. The van der Waals surface area contributed by atoms with E-state index in [1.165, 1.54) is 0 Å². The van der Waals surface area contributed by atoms with E-state index < -0.39 is 0 Å². The Morgan fingerprint density at radius 1 is 1.06 bits per heavy atom. The number of aldehydes is 1. The first kappa shape index (κ1) is 12.4. The minimum atomic E-state index is 0.579. The number of ether oxygens (including phenoxy) is 2. The maximum absolute atomic E-state index is 10.8. The van der Waals surface area contributed by atoms with Crippen LogP contribution in [-0.4, -0.2) is 19.5 Å². The van der Waals surface area contributed by atoms with Gasteiger partial charge in [0.25, 0.3) is 0 Å². The average Bonchev–Trinajstić information content (AvgIpc) is 2.39. The molecule has 0 saturated carbocycles. The van der Waals surface area contributed by atoms with Crippen LogP contribution in [0.3, 0.4) is 0 Å². The van der Waals surface area contributed by atoms with Gasteiger partial charge in [0, 0.05) is 17.0 Å². The predicted octanol–water partition coefficient (Wildman–Crippen LogP) is 3.45. The van der Waals surface area contributed by atoms with E-state index in [0.717, 1.165) is 28.6 Å². The van der Waals surface area contributed by atoms with Crippen LogP contribution in [0.2, 0.25) is 0 Å². The van der Waals surface area contributed by atoms with Crippen molar-refractivity contribution in [3.05, 3.63) is 35.9 Å². The van der Waals surface area contributed by atoms with Crippen LogP contribution in [-0.2, 0) is 0 Å². The zero-order chi connectivity index (χ0) is 13.0. The number of carbonyl (C=O) groups is 1. The van der Waals surface area contributed by atoms with E-state index in [9.17, 15) is 4.79 Å². The Balaban J connectivity index is 2.60. The van der Waals surface area contributed by atoms with Crippen LogP contribution in [0.15, 0.2) is 30.3 Å². The smallest absolute Gasteiger partial charge is 0.150 e. The molecular formula is C15H16O3. The van der Waals surface area contributed by atoms with Gasteiger partial charge in [-0.25, -0.2) is 0 Å². The fourth-order valence-electron chi connectivity index (χ4n) is 1.91. The van der Waals surface area contributed by atoms with Crippen LogP contribution >= 0.6 is 0 Å². The molecule has 0 saturated heterocycles. The van der Waals surface area contributed by atoms with Gasteiger partial charge in [-0.1, -0.05) is 12.1 Å². The van der Waals surface area contributed by atoms with Crippen LogP contribution in [0.1, 0.15) is 24.2 Å². The number of rotatable bonds is 5. The number of hydrogen-bond acceptors (Lipinski definition) is 3. The first-order valence-corrected chi connectivity index (χ1v) is 6.07. The maximum atomic E-state index is 10.8. The highest BCUT2D eigenvalue weighted by atomic mass is 16.5. The highest BCUT2D eigenvalue weighted by Gasteiger charge is 2.07. The van der Waals surface area contributed by atoms with Crippen molar-refractivity contribution in [3.8, 4) is 11.5 Å². The van der Waals surface area contributed by atoms with Gasteiger partial charge in [-0.2, -0.15) is 0 Å². The Labute approximate surface area is 106 Å². The van der Waals surface area contributed by atoms with Gasteiger partial charge in [-0.05, 0) is 31.4 Å². The van der Waals surface area contributed by atoms with E-state index in [4.69, 9.17) is 9.47 Å². The number of benzene rings is 2. The number of fused-ring (bicyclic) bond motifs is 1. The van der Waals surface area contributed by atoms with E-state index in [1.54, 1.807) is 6.07 Å². The Hall–Kier alpha value is -2.03. The molecule has 0 aliphatic carbocycles. The van der Waals surface area contributed by atoms with Gasteiger partial charge in [0.2, 0.25) is 0 Å². The van der Waals surface area contributed by atoms with E-state index in [1.807, 2.05) is 38.1 Å². The second-order valence-corrected chi connectivity index (χ2v) is 3.89. The molecule has 3 heteroatoms. The molecule has 2 rings (SSSR count). The third-order valence-electron chi connectivity index (χ3n) is 2.66. The lowest BCUT2D eigenvalue weighted by molar-refractivity contribution is 0.112. The first-order chi connectivity index (χ1) is 8.78. The fourth-order valence-corrected chi connectivity index (χ4v) is 1.91. The van der Waals surface area contributed by atoms with Crippen molar-refractivity contribution in [3.63, 3.8) is 0 Å². The quantitative estimate of drug-likeness (QED) is 0.756. The molecule has 2 aromatic carbocycles. The molecule has 0 atom stereocenters. The Morgan fingerprint density at radius 3 is 2.50 bits per heavy atom. The summed E-state index contributed by atoms with van der Waals surface area (Å²) in [5.41, 5.74) is 0.646. The number of hydrogen-bond donors (Lipinski definition) is 0. The molecule has 0 amide bonds. The van der Waals surface area contributed by atoms with E-state index in [0.29, 0.717) is 18.8 Å². The molecule has 0 bridgehead atoms. The lowest BCUT2D eigenvalue weighted by Gasteiger charge is -2.11. The van der Waals surface area contributed by atoms with Gasteiger partial charge >= 0.3 is 0 Å². The Morgan fingerprint density at radius 2 is 1.83 bits per heavy atom. The van der Waals surface area contributed by atoms with Crippen molar-refractivity contribution in [1.82, 2.24) is 0 Å². The molecule has 0 fully saturated rings. The van der Waals surface area contributed by atoms with Crippen LogP contribution in [0.25, 0.3) is 10.8 Å². The summed E-state index contributed by atoms with van der Waals surface area (Å²) in [7, 11) is 0. The van der Waals surface area contributed by atoms with E-state index in [2.05, 4.69) is 0 Å². The average molecular weight is 244 g/mol. The summed E-state index contributed by atoms with van der Waals surface area (Å²) in [6.07, 6.45) is 0.839. The molecule has 0 unspecified atom stereocenters. The maximum Gasteiger partial charge on any atom is 0.150 e. The van der Waals surface area contributed by atoms with Crippen LogP contribution in [0.4, 0.5) is 0 Å². The summed E-state index contributed by atoms with van der Waals surface area (Å²) < 4.78 is 11.1. The molecule has 18 heavy (non-hydrogen) atoms. The van der Waals surface area contributed by atoms with Gasteiger partial charge in [-0.15, -0.1) is 0 Å². The third-order valence-corrected chi connectivity index (χ3v) is 2.66. The summed E-state index contributed by atoms with van der Waals surface area (Å²) in [6, 6.07) is 9.35. The van der Waals surface area contributed by atoms with Crippen molar-refractivity contribution >= 4 is 17.1 Å². The topological polar surface area (TPSA) is 35.5 Å². The molecule has 0 heterocycles. The largest absolute Gasteiger partial charge is 0.494 e. The van der Waals surface area contributed by atoms with Crippen molar-refractivity contribution in [2.45, 2.75) is 13.8 Å².